The quantitative estimate of drug-likeness (QED) is 0.834. The summed E-state index contributed by atoms with van der Waals surface area (Å²) in [7, 11) is 0. The standard InChI is InChI=1S/C16H23ClN2S/c1-2-3-12-6-8-19(9-7-12)11-14-5-4-13(16(18)20)10-15(14)17/h4-5,10,12H,2-3,6-9,11H2,1H3,(H2,18,20). The van der Waals surface area contributed by atoms with Crippen molar-refractivity contribution in [2.75, 3.05) is 13.1 Å². The van der Waals surface area contributed by atoms with E-state index in [0.717, 1.165) is 23.0 Å². The SMILES string of the molecule is CCCC1CCN(Cc2ccc(C(N)=S)cc2Cl)CC1. The first kappa shape index (κ1) is 15.7. The highest BCUT2D eigenvalue weighted by atomic mass is 35.5. The second-order valence-electron chi connectivity index (χ2n) is 5.68. The van der Waals surface area contributed by atoms with E-state index < -0.39 is 0 Å². The summed E-state index contributed by atoms with van der Waals surface area (Å²) in [6, 6.07) is 5.89. The molecule has 1 aromatic carbocycles. The zero-order chi connectivity index (χ0) is 14.5. The molecule has 1 aliphatic rings. The number of halogens is 1. The van der Waals surface area contributed by atoms with E-state index in [-0.39, 0.29) is 0 Å². The lowest BCUT2D eigenvalue weighted by atomic mass is 9.92. The van der Waals surface area contributed by atoms with Crippen LogP contribution in [-0.4, -0.2) is 23.0 Å². The maximum atomic E-state index is 6.33. The third-order valence-electron chi connectivity index (χ3n) is 4.14. The fourth-order valence-corrected chi connectivity index (χ4v) is 3.28. The van der Waals surface area contributed by atoms with E-state index in [0.29, 0.717) is 4.99 Å². The number of rotatable bonds is 5. The first-order valence-corrected chi connectivity index (χ1v) is 8.19. The van der Waals surface area contributed by atoms with Crippen LogP contribution in [0.15, 0.2) is 18.2 Å². The predicted molar refractivity (Wildman–Crippen MR) is 90.2 cm³/mol. The van der Waals surface area contributed by atoms with Gasteiger partial charge in [0, 0.05) is 17.1 Å². The lowest BCUT2D eigenvalue weighted by molar-refractivity contribution is 0.172. The van der Waals surface area contributed by atoms with Gasteiger partial charge in [-0.25, -0.2) is 0 Å². The molecule has 0 unspecified atom stereocenters. The first-order chi connectivity index (χ1) is 9.60. The number of nitrogens with zero attached hydrogens (tertiary/aromatic N) is 1. The number of likely N-dealkylation sites (tertiary alicyclic amines) is 1. The van der Waals surface area contributed by atoms with Crippen molar-refractivity contribution in [3.05, 3.63) is 34.3 Å². The third-order valence-corrected chi connectivity index (χ3v) is 4.72. The monoisotopic (exact) mass is 310 g/mol. The average Bonchev–Trinajstić information content (AvgIpc) is 2.43. The fourth-order valence-electron chi connectivity index (χ4n) is 2.91. The van der Waals surface area contributed by atoms with Gasteiger partial charge in [0.25, 0.3) is 0 Å². The molecule has 110 valence electrons. The average molecular weight is 311 g/mol. The summed E-state index contributed by atoms with van der Waals surface area (Å²) >= 11 is 11.3. The highest BCUT2D eigenvalue weighted by Crippen LogP contribution is 2.25. The Morgan fingerprint density at radius 3 is 2.65 bits per heavy atom. The molecule has 1 fully saturated rings. The van der Waals surface area contributed by atoms with E-state index in [4.69, 9.17) is 29.6 Å². The number of nitrogens with two attached hydrogens (primary N) is 1. The molecule has 0 spiro atoms. The largest absolute Gasteiger partial charge is 0.389 e. The minimum absolute atomic E-state index is 0.402. The molecule has 1 aromatic rings. The molecule has 4 heteroatoms. The summed E-state index contributed by atoms with van der Waals surface area (Å²) in [5.41, 5.74) is 7.63. The maximum absolute atomic E-state index is 6.33. The van der Waals surface area contributed by atoms with Gasteiger partial charge in [-0.1, -0.05) is 55.7 Å². The molecule has 0 aliphatic carbocycles. The highest BCUT2D eigenvalue weighted by Gasteiger charge is 2.19. The fraction of sp³-hybridized carbons (Fsp3) is 0.562. The molecular weight excluding hydrogens is 288 g/mol. The minimum atomic E-state index is 0.402. The van der Waals surface area contributed by atoms with Crippen LogP contribution < -0.4 is 5.73 Å². The van der Waals surface area contributed by atoms with Crippen molar-refractivity contribution in [3.63, 3.8) is 0 Å². The molecule has 0 atom stereocenters. The molecule has 2 nitrogen and oxygen atoms in total. The van der Waals surface area contributed by atoms with E-state index in [1.807, 2.05) is 12.1 Å². The zero-order valence-electron chi connectivity index (χ0n) is 12.1. The lowest BCUT2D eigenvalue weighted by Gasteiger charge is -2.32. The molecule has 0 radical (unpaired) electrons. The van der Waals surface area contributed by atoms with E-state index in [1.165, 1.54) is 44.3 Å². The van der Waals surface area contributed by atoms with Gasteiger partial charge in [0.15, 0.2) is 0 Å². The molecule has 2 N–H and O–H groups in total. The lowest BCUT2D eigenvalue weighted by Crippen LogP contribution is -2.33. The van der Waals surface area contributed by atoms with Crippen LogP contribution in [0.4, 0.5) is 0 Å². The second kappa shape index (κ2) is 7.39. The number of piperidine rings is 1. The van der Waals surface area contributed by atoms with Crippen LogP contribution in [0.2, 0.25) is 5.02 Å². The Morgan fingerprint density at radius 2 is 2.10 bits per heavy atom. The first-order valence-electron chi connectivity index (χ1n) is 7.40. The summed E-state index contributed by atoms with van der Waals surface area (Å²) < 4.78 is 0. The van der Waals surface area contributed by atoms with Crippen molar-refractivity contribution < 1.29 is 0 Å². The van der Waals surface area contributed by atoms with Gasteiger partial charge in [-0.05, 0) is 43.5 Å². The molecule has 0 aromatic heterocycles. The molecule has 2 rings (SSSR count). The molecular formula is C16H23ClN2S. The molecule has 1 saturated heterocycles. The third kappa shape index (κ3) is 4.18. The van der Waals surface area contributed by atoms with Gasteiger partial charge in [-0.15, -0.1) is 0 Å². The molecule has 1 aliphatic heterocycles. The smallest absolute Gasteiger partial charge is 0.104 e. The number of hydrogen-bond acceptors (Lipinski definition) is 2. The molecule has 0 amide bonds. The van der Waals surface area contributed by atoms with Gasteiger partial charge in [-0.3, -0.25) is 4.90 Å². The van der Waals surface area contributed by atoms with Crippen molar-refractivity contribution in [2.24, 2.45) is 11.7 Å². The van der Waals surface area contributed by atoms with Crippen molar-refractivity contribution in [1.82, 2.24) is 4.90 Å². The topological polar surface area (TPSA) is 29.3 Å². The number of hydrogen-bond donors (Lipinski definition) is 1. The van der Waals surface area contributed by atoms with Gasteiger partial charge in [-0.2, -0.15) is 0 Å². The van der Waals surface area contributed by atoms with Gasteiger partial charge in [0.2, 0.25) is 0 Å². The molecule has 0 saturated carbocycles. The summed E-state index contributed by atoms with van der Waals surface area (Å²) in [6.45, 7) is 5.56. The van der Waals surface area contributed by atoms with Crippen LogP contribution >= 0.6 is 23.8 Å². The van der Waals surface area contributed by atoms with Crippen LogP contribution in [0.25, 0.3) is 0 Å². The summed E-state index contributed by atoms with van der Waals surface area (Å²) in [6.07, 6.45) is 5.31. The Balaban J connectivity index is 1.93. The maximum Gasteiger partial charge on any atom is 0.104 e. The van der Waals surface area contributed by atoms with E-state index >= 15 is 0 Å². The Hall–Kier alpha value is -0.640. The summed E-state index contributed by atoms with van der Waals surface area (Å²) in [4.78, 5) is 2.90. The van der Waals surface area contributed by atoms with Gasteiger partial charge in [0.1, 0.15) is 4.99 Å². The van der Waals surface area contributed by atoms with Crippen LogP contribution in [0.5, 0.6) is 0 Å². The number of benzene rings is 1. The van der Waals surface area contributed by atoms with Crippen molar-refractivity contribution in [1.29, 1.82) is 0 Å². The molecule has 20 heavy (non-hydrogen) atoms. The van der Waals surface area contributed by atoms with Crippen LogP contribution in [0.3, 0.4) is 0 Å². The van der Waals surface area contributed by atoms with E-state index in [2.05, 4.69) is 17.9 Å². The normalized spacial score (nSPS) is 17.3. The van der Waals surface area contributed by atoms with Gasteiger partial charge >= 0.3 is 0 Å². The Bertz CT molecular complexity index is 468. The van der Waals surface area contributed by atoms with Crippen LogP contribution in [-0.2, 0) is 6.54 Å². The van der Waals surface area contributed by atoms with E-state index in [1.54, 1.807) is 0 Å². The molecule has 0 bridgehead atoms. The Kier molecular flexibility index (Phi) is 5.82. The van der Waals surface area contributed by atoms with Gasteiger partial charge in [0.05, 0.1) is 0 Å². The van der Waals surface area contributed by atoms with Crippen molar-refractivity contribution in [3.8, 4) is 0 Å². The zero-order valence-corrected chi connectivity index (χ0v) is 13.6. The Morgan fingerprint density at radius 1 is 1.40 bits per heavy atom. The van der Waals surface area contributed by atoms with Crippen molar-refractivity contribution >= 4 is 28.8 Å². The second-order valence-corrected chi connectivity index (χ2v) is 6.53. The summed E-state index contributed by atoms with van der Waals surface area (Å²) in [5, 5.41) is 0.769. The Labute approximate surface area is 132 Å². The minimum Gasteiger partial charge on any atom is -0.389 e. The predicted octanol–water partition coefficient (Wildman–Crippen LogP) is 3.99. The van der Waals surface area contributed by atoms with Gasteiger partial charge < -0.3 is 5.73 Å². The number of thiocarbonyl (C=S) groups is 1. The highest BCUT2D eigenvalue weighted by molar-refractivity contribution is 7.80. The van der Waals surface area contributed by atoms with Crippen molar-refractivity contribution in [2.45, 2.75) is 39.2 Å². The summed E-state index contributed by atoms with van der Waals surface area (Å²) in [5.74, 6) is 0.920. The van der Waals surface area contributed by atoms with Crippen LogP contribution in [0.1, 0.15) is 43.7 Å². The van der Waals surface area contributed by atoms with Crippen LogP contribution in [0, 0.1) is 5.92 Å². The van der Waals surface area contributed by atoms with E-state index in [9.17, 15) is 0 Å². The molecule has 1 heterocycles.